The number of aromatic amines is 1. The Morgan fingerprint density at radius 2 is 1.42 bits per heavy atom. The first-order valence-corrected chi connectivity index (χ1v) is 9.99. The van der Waals surface area contributed by atoms with Crippen molar-refractivity contribution in [2.75, 3.05) is 12.5 Å². The summed E-state index contributed by atoms with van der Waals surface area (Å²) in [5, 5.41) is 2.74. The Morgan fingerprint density at radius 1 is 0.818 bits per heavy atom. The smallest absolute Gasteiger partial charge is 0.332 e. The molecule has 0 unspecified atom stereocenters. The molecule has 0 aliphatic heterocycles. The van der Waals surface area contributed by atoms with Crippen LogP contribution < -0.4 is 21.2 Å². The number of carbonyl (C=O) groups excluding carboxylic acids is 2. The molecule has 0 aliphatic carbocycles. The van der Waals surface area contributed by atoms with Gasteiger partial charge in [0.2, 0.25) is 0 Å². The van der Waals surface area contributed by atoms with Crippen LogP contribution in [0.4, 0.5) is 0 Å². The van der Waals surface area contributed by atoms with E-state index in [-0.39, 0.29) is 22.4 Å². The molecular formula is C25H19N3O5. The second-order valence-corrected chi connectivity index (χ2v) is 7.06. The molecule has 0 aliphatic rings. The number of nitrogens with zero attached hydrogens (tertiary/aromatic N) is 1. The summed E-state index contributed by atoms with van der Waals surface area (Å²) in [5.74, 6) is -0.662. The van der Waals surface area contributed by atoms with Crippen LogP contribution in [-0.2, 0) is 0 Å². The Hall–Kier alpha value is -4.72. The number of methoxy groups -OCH3 is 1. The van der Waals surface area contributed by atoms with E-state index in [1.807, 2.05) is 0 Å². The summed E-state index contributed by atoms with van der Waals surface area (Å²) >= 11 is 0. The summed E-state index contributed by atoms with van der Waals surface area (Å²) in [6.45, 7) is 0. The zero-order valence-corrected chi connectivity index (χ0v) is 17.6. The second-order valence-electron chi connectivity index (χ2n) is 7.06. The average Bonchev–Trinajstić information content (AvgIpc) is 2.87. The van der Waals surface area contributed by atoms with Gasteiger partial charge in [-0.2, -0.15) is 4.79 Å². The quantitative estimate of drug-likeness (QED) is 0.353. The van der Waals surface area contributed by atoms with Gasteiger partial charge in [0.1, 0.15) is 11.3 Å². The van der Waals surface area contributed by atoms with Crippen molar-refractivity contribution >= 4 is 11.7 Å². The van der Waals surface area contributed by atoms with Gasteiger partial charge in [-0.15, -0.1) is 0 Å². The third-order valence-corrected chi connectivity index (χ3v) is 4.99. The molecule has 0 fully saturated rings. The molecule has 0 radical (unpaired) electrons. The molecule has 0 saturated carbocycles. The summed E-state index contributed by atoms with van der Waals surface area (Å²) in [6, 6.07) is 23.0. The molecule has 3 aromatic carbocycles. The highest BCUT2D eigenvalue weighted by Crippen LogP contribution is 2.20. The number of amides is 1. The van der Waals surface area contributed by atoms with Crippen molar-refractivity contribution in [2.45, 2.75) is 0 Å². The lowest BCUT2D eigenvalue weighted by molar-refractivity contribution is 0.100. The van der Waals surface area contributed by atoms with Gasteiger partial charge in [-0.1, -0.05) is 60.7 Å². The van der Waals surface area contributed by atoms with E-state index in [1.165, 1.54) is 19.2 Å². The minimum absolute atomic E-state index is 0.115. The van der Waals surface area contributed by atoms with E-state index in [2.05, 4.69) is 10.5 Å². The normalized spacial score (nSPS) is 10.5. The predicted molar refractivity (Wildman–Crippen MR) is 123 cm³/mol. The van der Waals surface area contributed by atoms with Crippen molar-refractivity contribution in [1.82, 2.24) is 9.89 Å². The van der Waals surface area contributed by atoms with Crippen molar-refractivity contribution in [2.24, 2.45) is 0 Å². The van der Waals surface area contributed by atoms with Crippen LogP contribution in [0.2, 0.25) is 0 Å². The molecular weight excluding hydrogens is 422 g/mol. The van der Waals surface area contributed by atoms with Crippen molar-refractivity contribution < 1.29 is 14.3 Å². The Kier molecular flexibility index (Phi) is 5.99. The monoisotopic (exact) mass is 441 g/mol. The molecule has 0 bridgehead atoms. The number of hydrogen-bond donors (Lipinski definition) is 2. The van der Waals surface area contributed by atoms with Crippen LogP contribution >= 0.6 is 0 Å². The number of H-pyrrole nitrogens is 1. The number of nitrogens with one attached hydrogen (secondary N) is 2. The average molecular weight is 441 g/mol. The van der Waals surface area contributed by atoms with E-state index >= 15 is 0 Å². The number of rotatable bonds is 6. The summed E-state index contributed by atoms with van der Waals surface area (Å²) < 4.78 is 5.07. The van der Waals surface area contributed by atoms with Gasteiger partial charge in [0, 0.05) is 16.7 Å². The summed E-state index contributed by atoms with van der Waals surface area (Å²) in [5.41, 5.74) is 1.09. The van der Waals surface area contributed by atoms with Crippen molar-refractivity contribution in [3.05, 3.63) is 122 Å². The van der Waals surface area contributed by atoms with E-state index in [4.69, 9.17) is 4.74 Å². The topological polar surface area (TPSA) is 110 Å². The van der Waals surface area contributed by atoms with E-state index in [9.17, 15) is 19.2 Å². The highest BCUT2D eigenvalue weighted by molar-refractivity contribution is 6.12. The lowest BCUT2D eigenvalue weighted by atomic mass is 9.98. The third-order valence-electron chi connectivity index (χ3n) is 4.99. The van der Waals surface area contributed by atoms with Gasteiger partial charge in [-0.25, -0.2) is 5.43 Å². The number of carbonyl (C=O) groups is 2. The van der Waals surface area contributed by atoms with Crippen molar-refractivity contribution in [1.29, 1.82) is 0 Å². The molecule has 0 spiro atoms. The molecule has 1 amide bonds. The zero-order chi connectivity index (χ0) is 23.4. The van der Waals surface area contributed by atoms with Crippen LogP contribution in [0.25, 0.3) is 11.3 Å². The molecule has 8 heteroatoms. The summed E-state index contributed by atoms with van der Waals surface area (Å²) in [7, 11) is 1.50. The van der Waals surface area contributed by atoms with Gasteiger partial charge in [-0.05, 0) is 24.3 Å². The molecule has 2 N–H and O–H groups in total. The molecule has 8 nitrogen and oxygen atoms in total. The van der Waals surface area contributed by atoms with Gasteiger partial charge in [0.25, 0.3) is 11.3 Å². The Labute approximate surface area is 188 Å². The van der Waals surface area contributed by atoms with Crippen LogP contribution in [0.15, 0.2) is 94.5 Å². The Morgan fingerprint density at radius 3 is 2.03 bits per heavy atom. The largest absolute Gasteiger partial charge is 0.497 e. The highest BCUT2D eigenvalue weighted by Gasteiger charge is 2.23. The van der Waals surface area contributed by atoms with Gasteiger partial charge < -0.3 is 4.74 Å². The Balaban J connectivity index is 1.82. The molecule has 1 aromatic heterocycles. The predicted octanol–water partition coefficient (Wildman–Crippen LogP) is 2.83. The van der Waals surface area contributed by atoms with Gasteiger partial charge >= 0.3 is 5.56 Å². The fraction of sp³-hybridized carbons (Fsp3) is 0.0400. The molecule has 4 rings (SSSR count). The van der Waals surface area contributed by atoms with Crippen LogP contribution in [-0.4, -0.2) is 28.7 Å². The fourth-order valence-corrected chi connectivity index (χ4v) is 3.29. The van der Waals surface area contributed by atoms with Crippen molar-refractivity contribution in [3.8, 4) is 17.0 Å². The SMILES string of the molecule is COc1ccc(C(=O)Nn2[nH]c(-c3ccccc3)c(C(=O)c3ccccc3)c(=O)c2=O)cc1. The highest BCUT2D eigenvalue weighted by atomic mass is 16.5. The minimum Gasteiger partial charge on any atom is -0.497 e. The molecule has 1 heterocycles. The van der Waals surface area contributed by atoms with Gasteiger partial charge in [-0.3, -0.25) is 24.3 Å². The maximum atomic E-state index is 13.2. The van der Waals surface area contributed by atoms with E-state index in [1.54, 1.807) is 72.8 Å². The number of ether oxygens (including phenoxy) is 1. The lowest BCUT2D eigenvalue weighted by Crippen LogP contribution is -2.45. The zero-order valence-electron chi connectivity index (χ0n) is 17.6. The molecule has 33 heavy (non-hydrogen) atoms. The van der Waals surface area contributed by atoms with Gasteiger partial charge in [0.15, 0.2) is 5.78 Å². The molecule has 0 atom stereocenters. The number of benzene rings is 3. The maximum Gasteiger partial charge on any atom is 0.332 e. The maximum absolute atomic E-state index is 13.2. The van der Waals surface area contributed by atoms with Crippen molar-refractivity contribution in [3.63, 3.8) is 0 Å². The lowest BCUT2D eigenvalue weighted by Gasteiger charge is -2.14. The van der Waals surface area contributed by atoms with Crippen LogP contribution in [0, 0.1) is 0 Å². The summed E-state index contributed by atoms with van der Waals surface area (Å²) in [6.07, 6.45) is 0. The number of hydrogen-bond acceptors (Lipinski definition) is 5. The second kappa shape index (κ2) is 9.19. The van der Waals surface area contributed by atoms with Crippen LogP contribution in [0.1, 0.15) is 26.3 Å². The summed E-state index contributed by atoms with van der Waals surface area (Å²) in [4.78, 5) is 52.4. The first kappa shape index (κ1) is 21.5. The fourth-order valence-electron chi connectivity index (χ4n) is 3.29. The molecule has 0 saturated heterocycles. The van der Waals surface area contributed by atoms with E-state index < -0.39 is 22.7 Å². The first-order chi connectivity index (χ1) is 16.0. The van der Waals surface area contributed by atoms with E-state index in [0.29, 0.717) is 16.1 Å². The Bertz CT molecular complexity index is 1420. The minimum atomic E-state index is -1.09. The van der Waals surface area contributed by atoms with Crippen LogP contribution in [0.3, 0.4) is 0 Å². The van der Waals surface area contributed by atoms with Crippen LogP contribution in [0.5, 0.6) is 5.75 Å². The third kappa shape index (κ3) is 4.35. The van der Waals surface area contributed by atoms with E-state index in [0.717, 1.165) is 0 Å². The van der Waals surface area contributed by atoms with Gasteiger partial charge in [0.05, 0.1) is 12.8 Å². The standard InChI is InChI=1S/C25H19N3O5/c1-33-19-14-12-18(13-15-19)24(31)27-28-25(32)23(30)20(22(29)17-10-6-3-7-11-17)21(26-28)16-8-4-2-5-9-16/h2-15,26H,1H3,(H,27,31). The first-order valence-electron chi connectivity index (χ1n) is 9.99. The molecule has 164 valence electrons. The number of ketones is 1. The number of aromatic nitrogens is 2. The molecule has 4 aromatic rings.